The fourth-order valence-electron chi connectivity index (χ4n) is 0.426. The first-order chi connectivity index (χ1) is 5.04. The summed E-state index contributed by atoms with van der Waals surface area (Å²) < 4.78 is 21.1. The van der Waals surface area contributed by atoms with Gasteiger partial charge in [0.15, 0.2) is 0 Å². The van der Waals surface area contributed by atoms with E-state index in [1.54, 1.807) is 7.05 Å². The Labute approximate surface area is 67.5 Å². The Morgan fingerprint density at radius 2 is 2.18 bits per heavy atom. The number of anilines is 1. The minimum absolute atomic E-state index is 0.179. The summed E-state index contributed by atoms with van der Waals surface area (Å²) in [4.78, 5) is 0. The molecule has 0 amide bonds. The summed E-state index contributed by atoms with van der Waals surface area (Å²) in [5, 5.41) is 14.7. The second kappa shape index (κ2) is 2.72. The second-order valence-corrected chi connectivity index (χ2v) is 4.38. The Bertz CT molecular complexity index is 342. The van der Waals surface area contributed by atoms with E-state index in [2.05, 4.69) is 15.5 Å². The molecule has 3 N–H and O–H groups in total. The number of nitrogens with one attached hydrogen (secondary N) is 1. The van der Waals surface area contributed by atoms with Crippen LogP contribution in [0, 0.1) is 0 Å². The van der Waals surface area contributed by atoms with Gasteiger partial charge in [-0.25, -0.2) is 13.6 Å². The maximum absolute atomic E-state index is 10.6. The number of nitrogens with zero attached hydrogens (tertiary/aromatic N) is 2. The molecule has 11 heavy (non-hydrogen) atoms. The van der Waals surface area contributed by atoms with Crippen LogP contribution < -0.4 is 10.5 Å². The van der Waals surface area contributed by atoms with Crippen LogP contribution >= 0.6 is 11.3 Å². The maximum atomic E-state index is 10.6. The number of aromatic nitrogens is 2. The first-order valence-corrected chi connectivity index (χ1v) is 4.94. The molecule has 0 spiro atoms. The fourth-order valence-corrected chi connectivity index (χ4v) is 1.71. The van der Waals surface area contributed by atoms with Crippen LogP contribution in [0.2, 0.25) is 0 Å². The van der Waals surface area contributed by atoms with E-state index in [0.717, 1.165) is 11.3 Å². The average Bonchev–Trinajstić information content (AvgIpc) is 2.32. The molecule has 0 atom stereocenters. The van der Waals surface area contributed by atoms with E-state index in [0.29, 0.717) is 5.13 Å². The molecule has 0 radical (unpaired) electrons. The minimum Gasteiger partial charge on any atom is -0.363 e. The van der Waals surface area contributed by atoms with Gasteiger partial charge >= 0.3 is 0 Å². The molecule has 1 aromatic rings. The van der Waals surface area contributed by atoms with Crippen molar-refractivity contribution >= 4 is 26.5 Å². The van der Waals surface area contributed by atoms with Crippen molar-refractivity contribution in [3.63, 3.8) is 0 Å². The number of rotatable bonds is 2. The number of hydrogen-bond donors (Lipinski definition) is 2. The predicted octanol–water partition coefficient (Wildman–Crippen LogP) is -0.773. The van der Waals surface area contributed by atoms with E-state index in [1.165, 1.54) is 0 Å². The number of sulfonamides is 1. The summed E-state index contributed by atoms with van der Waals surface area (Å²) in [7, 11) is -2.07. The van der Waals surface area contributed by atoms with Gasteiger partial charge in [-0.05, 0) is 0 Å². The van der Waals surface area contributed by atoms with E-state index >= 15 is 0 Å². The molecule has 0 saturated carbocycles. The molecule has 0 fully saturated rings. The monoisotopic (exact) mass is 194 g/mol. The Morgan fingerprint density at radius 1 is 1.55 bits per heavy atom. The third kappa shape index (κ3) is 1.85. The van der Waals surface area contributed by atoms with Crippen LogP contribution in [0.1, 0.15) is 0 Å². The van der Waals surface area contributed by atoms with Crippen LogP contribution in [0.15, 0.2) is 4.34 Å². The Balaban J connectivity index is 3.09. The lowest BCUT2D eigenvalue weighted by Crippen LogP contribution is -2.11. The minimum atomic E-state index is -3.69. The van der Waals surface area contributed by atoms with Gasteiger partial charge in [0.1, 0.15) is 0 Å². The highest BCUT2D eigenvalue weighted by Crippen LogP contribution is 2.17. The fraction of sp³-hybridized carbons (Fsp3) is 0.333. The topological polar surface area (TPSA) is 98.0 Å². The van der Waals surface area contributed by atoms with Crippen LogP contribution in [0.5, 0.6) is 0 Å². The summed E-state index contributed by atoms with van der Waals surface area (Å²) in [5.74, 6) is 0. The lowest BCUT2D eigenvalue weighted by molar-refractivity contribution is 0.596. The molecule has 62 valence electrons. The molecular formula is C3H6N4O2S2. The van der Waals surface area contributed by atoms with Crippen molar-refractivity contribution < 1.29 is 8.42 Å². The highest BCUT2D eigenvalue weighted by Gasteiger charge is 2.13. The normalized spacial score (nSPS) is 11.5. The first-order valence-electron chi connectivity index (χ1n) is 2.58. The maximum Gasteiger partial charge on any atom is 0.267 e. The predicted molar refractivity (Wildman–Crippen MR) is 40.8 cm³/mol. The number of nitrogens with two attached hydrogens (primary N) is 1. The van der Waals surface area contributed by atoms with Crippen molar-refractivity contribution in [3.05, 3.63) is 0 Å². The third-order valence-electron chi connectivity index (χ3n) is 0.864. The van der Waals surface area contributed by atoms with Crippen LogP contribution in [0.4, 0.5) is 5.13 Å². The molecule has 0 aliphatic rings. The third-order valence-corrected chi connectivity index (χ3v) is 3.11. The van der Waals surface area contributed by atoms with Gasteiger partial charge in [-0.2, -0.15) is 0 Å². The first kappa shape index (κ1) is 8.37. The molecule has 6 nitrogen and oxygen atoms in total. The van der Waals surface area contributed by atoms with Crippen molar-refractivity contribution in [2.45, 2.75) is 4.34 Å². The highest BCUT2D eigenvalue weighted by molar-refractivity contribution is 7.91. The summed E-state index contributed by atoms with van der Waals surface area (Å²) in [6.45, 7) is 0. The van der Waals surface area contributed by atoms with Gasteiger partial charge in [-0.1, -0.05) is 11.3 Å². The molecule has 0 saturated heterocycles. The van der Waals surface area contributed by atoms with Gasteiger partial charge in [0.25, 0.3) is 10.0 Å². The van der Waals surface area contributed by atoms with E-state index in [1.807, 2.05) is 0 Å². The van der Waals surface area contributed by atoms with Crippen molar-refractivity contribution in [2.75, 3.05) is 12.4 Å². The molecule has 0 aliphatic heterocycles. The molecule has 1 aromatic heterocycles. The largest absolute Gasteiger partial charge is 0.363 e. The van der Waals surface area contributed by atoms with Crippen LogP contribution in [0.25, 0.3) is 0 Å². The van der Waals surface area contributed by atoms with Gasteiger partial charge in [0.05, 0.1) is 0 Å². The smallest absolute Gasteiger partial charge is 0.267 e. The summed E-state index contributed by atoms with van der Waals surface area (Å²) in [5.41, 5.74) is 0. The van der Waals surface area contributed by atoms with Crippen molar-refractivity contribution in [3.8, 4) is 0 Å². The summed E-state index contributed by atoms with van der Waals surface area (Å²) >= 11 is 0.894. The molecule has 8 heteroatoms. The Hall–Kier alpha value is -0.730. The summed E-state index contributed by atoms with van der Waals surface area (Å²) in [6, 6.07) is 0. The van der Waals surface area contributed by atoms with Gasteiger partial charge in [0, 0.05) is 7.05 Å². The van der Waals surface area contributed by atoms with Crippen molar-refractivity contribution in [1.82, 2.24) is 10.2 Å². The molecule has 0 bridgehead atoms. The van der Waals surface area contributed by atoms with Crippen molar-refractivity contribution in [2.24, 2.45) is 5.14 Å². The molecular weight excluding hydrogens is 188 g/mol. The van der Waals surface area contributed by atoms with E-state index < -0.39 is 10.0 Å². The zero-order valence-electron chi connectivity index (χ0n) is 5.60. The van der Waals surface area contributed by atoms with Crippen LogP contribution in [-0.2, 0) is 10.0 Å². The zero-order valence-corrected chi connectivity index (χ0v) is 7.24. The van der Waals surface area contributed by atoms with Gasteiger partial charge < -0.3 is 5.32 Å². The average molecular weight is 194 g/mol. The van der Waals surface area contributed by atoms with Crippen LogP contribution in [-0.4, -0.2) is 25.7 Å². The Kier molecular flexibility index (Phi) is 2.07. The standard InChI is InChI=1S/C3H6N4O2S2/c1-5-2-6-7-3(10-2)11(4,8)9/h1H3,(H,5,6)(H2,4,8,9). The number of primary sulfonamides is 1. The molecule has 1 rings (SSSR count). The number of hydrogen-bond acceptors (Lipinski definition) is 6. The Morgan fingerprint density at radius 3 is 2.45 bits per heavy atom. The molecule has 0 aromatic carbocycles. The molecule has 0 unspecified atom stereocenters. The molecule has 1 heterocycles. The lowest BCUT2D eigenvalue weighted by Gasteiger charge is -1.85. The quantitative estimate of drug-likeness (QED) is 0.644. The summed E-state index contributed by atoms with van der Waals surface area (Å²) in [6.07, 6.45) is 0. The van der Waals surface area contributed by atoms with E-state index in [4.69, 9.17) is 5.14 Å². The van der Waals surface area contributed by atoms with E-state index in [-0.39, 0.29) is 4.34 Å². The van der Waals surface area contributed by atoms with Gasteiger partial charge in [0.2, 0.25) is 9.47 Å². The molecule has 0 aliphatic carbocycles. The van der Waals surface area contributed by atoms with E-state index in [9.17, 15) is 8.42 Å². The van der Waals surface area contributed by atoms with Crippen LogP contribution in [0.3, 0.4) is 0 Å². The van der Waals surface area contributed by atoms with Gasteiger partial charge in [-0.15, -0.1) is 10.2 Å². The van der Waals surface area contributed by atoms with Gasteiger partial charge in [-0.3, -0.25) is 0 Å². The second-order valence-electron chi connectivity index (χ2n) is 1.67. The van der Waals surface area contributed by atoms with Crippen molar-refractivity contribution in [1.29, 1.82) is 0 Å². The highest BCUT2D eigenvalue weighted by atomic mass is 32.2. The lowest BCUT2D eigenvalue weighted by atomic mass is 11.1. The zero-order chi connectivity index (χ0) is 8.48. The SMILES string of the molecule is CNc1nnc(S(N)(=O)=O)s1.